The fourth-order valence-electron chi connectivity index (χ4n) is 4.85. The minimum absolute atomic E-state index is 0.197. The molecule has 0 atom stereocenters. The number of anilines is 1. The summed E-state index contributed by atoms with van der Waals surface area (Å²) in [6.45, 7) is 4.38. The van der Waals surface area contributed by atoms with Gasteiger partial charge in [-0.1, -0.05) is 19.3 Å². The molecule has 30 heavy (non-hydrogen) atoms. The topological polar surface area (TPSA) is 71.5 Å². The molecule has 158 valence electrons. The van der Waals surface area contributed by atoms with Crippen molar-refractivity contribution in [2.24, 2.45) is 5.92 Å². The summed E-state index contributed by atoms with van der Waals surface area (Å²) in [6.07, 6.45) is 10.0. The smallest absolute Gasteiger partial charge is 0.225 e. The molecule has 7 nitrogen and oxygen atoms in total. The Morgan fingerprint density at radius 2 is 1.90 bits per heavy atom. The van der Waals surface area contributed by atoms with Gasteiger partial charge in [0.25, 0.3) is 0 Å². The quantitative estimate of drug-likeness (QED) is 0.779. The molecule has 0 spiro atoms. The van der Waals surface area contributed by atoms with Gasteiger partial charge in [0, 0.05) is 55.5 Å². The number of aromatic nitrogens is 3. The van der Waals surface area contributed by atoms with Gasteiger partial charge in [-0.3, -0.25) is 9.78 Å². The van der Waals surface area contributed by atoms with Crippen molar-refractivity contribution in [3.8, 4) is 11.4 Å². The van der Waals surface area contributed by atoms with Gasteiger partial charge in [-0.05, 0) is 25.0 Å². The van der Waals surface area contributed by atoms with E-state index in [0.29, 0.717) is 25.7 Å². The van der Waals surface area contributed by atoms with E-state index in [1.54, 1.807) is 6.20 Å². The van der Waals surface area contributed by atoms with Crippen LogP contribution >= 0.6 is 0 Å². The van der Waals surface area contributed by atoms with Gasteiger partial charge in [0.15, 0.2) is 5.82 Å². The van der Waals surface area contributed by atoms with Crippen LogP contribution < -0.4 is 4.90 Å². The van der Waals surface area contributed by atoms with Crippen molar-refractivity contribution in [1.29, 1.82) is 0 Å². The molecule has 5 rings (SSSR count). The second-order valence-electron chi connectivity index (χ2n) is 8.48. The van der Waals surface area contributed by atoms with Gasteiger partial charge in [0.1, 0.15) is 5.82 Å². The molecule has 0 radical (unpaired) electrons. The predicted octanol–water partition coefficient (Wildman–Crippen LogP) is 2.84. The summed E-state index contributed by atoms with van der Waals surface area (Å²) < 4.78 is 5.56. The molecule has 1 saturated heterocycles. The second-order valence-corrected chi connectivity index (χ2v) is 8.48. The van der Waals surface area contributed by atoms with Gasteiger partial charge in [-0.25, -0.2) is 9.97 Å². The number of hydrogen-bond donors (Lipinski definition) is 0. The van der Waals surface area contributed by atoms with E-state index >= 15 is 0 Å². The minimum atomic E-state index is 0.197. The van der Waals surface area contributed by atoms with Crippen LogP contribution in [-0.4, -0.2) is 58.6 Å². The molecule has 0 aromatic carbocycles. The summed E-state index contributed by atoms with van der Waals surface area (Å²) in [4.78, 5) is 31.6. The lowest BCUT2D eigenvalue weighted by atomic mass is 9.87. The van der Waals surface area contributed by atoms with Gasteiger partial charge in [-0.15, -0.1) is 0 Å². The van der Waals surface area contributed by atoms with Gasteiger partial charge < -0.3 is 14.5 Å². The van der Waals surface area contributed by atoms with E-state index in [4.69, 9.17) is 14.7 Å². The van der Waals surface area contributed by atoms with Crippen molar-refractivity contribution in [2.75, 3.05) is 37.7 Å². The number of carbonyl (C=O) groups excluding carboxylic acids is 1. The Balaban J connectivity index is 1.48. The molecule has 1 amide bonds. The molecule has 2 aromatic heterocycles. The maximum absolute atomic E-state index is 13.2. The molecule has 1 aliphatic carbocycles. The first-order valence-electron chi connectivity index (χ1n) is 11.2. The molecule has 0 bridgehead atoms. The third kappa shape index (κ3) is 3.90. The highest BCUT2D eigenvalue weighted by Gasteiger charge is 2.32. The summed E-state index contributed by atoms with van der Waals surface area (Å²) in [6, 6.07) is 3.91. The lowest BCUT2D eigenvalue weighted by Gasteiger charge is -2.36. The van der Waals surface area contributed by atoms with E-state index in [0.717, 1.165) is 67.4 Å². The number of nitrogens with zero attached hydrogens (tertiary/aromatic N) is 5. The summed E-state index contributed by atoms with van der Waals surface area (Å²) in [7, 11) is 0. The first-order chi connectivity index (χ1) is 14.8. The van der Waals surface area contributed by atoms with Gasteiger partial charge in [0.2, 0.25) is 5.91 Å². The Morgan fingerprint density at radius 1 is 1.07 bits per heavy atom. The first-order valence-corrected chi connectivity index (χ1v) is 11.2. The highest BCUT2D eigenvalue weighted by atomic mass is 16.5. The van der Waals surface area contributed by atoms with E-state index in [-0.39, 0.29) is 5.92 Å². The first kappa shape index (κ1) is 19.4. The van der Waals surface area contributed by atoms with Crippen LogP contribution in [0.15, 0.2) is 24.5 Å². The van der Waals surface area contributed by atoms with Crippen LogP contribution in [-0.2, 0) is 22.5 Å². The summed E-state index contributed by atoms with van der Waals surface area (Å²) >= 11 is 0. The van der Waals surface area contributed by atoms with Crippen molar-refractivity contribution < 1.29 is 9.53 Å². The van der Waals surface area contributed by atoms with Gasteiger partial charge >= 0.3 is 0 Å². The largest absolute Gasteiger partial charge is 0.378 e. The summed E-state index contributed by atoms with van der Waals surface area (Å²) in [5.41, 5.74) is 3.11. The fraction of sp³-hybridized carbons (Fsp3) is 0.565. The van der Waals surface area contributed by atoms with Crippen LogP contribution in [0.2, 0.25) is 0 Å². The van der Waals surface area contributed by atoms with Crippen LogP contribution in [0.1, 0.15) is 43.4 Å². The SMILES string of the molecule is O=C(C1CCCCC1)N1CCc2nc(-c3cccnc3)nc(N3CCOCC3)c2C1. The number of morpholine rings is 1. The van der Waals surface area contributed by atoms with Gasteiger partial charge in [0.05, 0.1) is 25.5 Å². The highest BCUT2D eigenvalue weighted by Crippen LogP contribution is 2.32. The number of carbonyl (C=O) groups is 1. The monoisotopic (exact) mass is 407 g/mol. The Labute approximate surface area is 177 Å². The van der Waals surface area contributed by atoms with Crippen molar-refractivity contribution in [3.63, 3.8) is 0 Å². The molecule has 0 unspecified atom stereocenters. The molecular formula is C23H29N5O2. The zero-order valence-electron chi connectivity index (χ0n) is 17.4. The van der Waals surface area contributed by atoms with Crippen LogP contribution in [0.25, 0.3) is 11.4 Å². The number of rotatable bonds is 3. The normalized spacial score (nSPS) is 20.1. The molecule has 2 fully saturated rings. The third-order valence-electron chi connectivity index (χ3n) is 6.53. The van der Waals surface area contributed by atoms with Crippen LogP contribution in [0.4, 0.5) is 5.82 Å². The van der Waals surface area contributed by atoms with Crippen LogP contribution in [0.5, 0.6) is 0 Å². The number of amides is 1. The molecular weight excluding hydrogens is 378 g/mol. The molecule has 1 saturated carbocycles. The molecule has 4 heterocycles. The Kier molecular flexibility index (Phi) is 5.62. The number of pyridine rings is 1. The van der Waals surface area contributed by atoms with Crippen LogP contribution in [0, 0.1) is 5.92 Å². The van der Waals surface area contributed by atoms with E-state index in [1.807, 2.05) is 18.3 Å². The standard InChI is InChI=1S/C23H29N5O2/c29-23(17-5-2-1-3-6-17)28-10-8-20-19(16-28)22(27-11-13-30-14-12-27)26-21(25-20)18-7-4-9-24-15-18/h4,7,9,15,17H,1-3,5-6,8,10-14,16H2. The zero-order valence-corrected chi connectivity index (χ0v) is 17.4. The maximum Gasteiger partial charge on any atom is 0.225 e. The lowest BCUT2D eigenvalue weighted by molar-refractivity contribution is -0.137. The number of ether oxygens (including phenoxy) is 1. The lowest BCUT2D eigenvalue weighted by Crippen LogP contribution is -2.43. The van der Waals surface area contributed by atoms with E-state index in [2.05, 4.69) is 14.8 Å². The van der Waals surface area contributed by atoms with E-state index in [1.165, 1.54) is 19.3 Å². The Bertz CT molecular complexity index is 892. The molecule has 7 heteroatoms. The Hall–Kier alpha value is -2.54. The maximum atomic E-state index is 13.2. The molecule has 3 aliphatic rings. The van der Waals surface area contributed by atoms with Crippen molar-refractivity contribution >= 4 is 11.7 Å². The molecule has 2 aliphatic heterocycles. The average molecular weight is 408 g/mol. The Morgan fingerprint density at radius 3 is 2.67 bits per heavy atom. The molecule has 2 aromatic rings. The number of hydrogen-bond acceptors (Lipinski definition) is 6. The zero-order chi connectivity index (χ0) is 20.3. The van der Waals surface area contributed by atoms with E-state index < -0.39 is 0 Å². The van der Waals surface area contributed by atoms with Gasteiger partial charge in [-0.2, -0.15) is 0 Å². The predicted molar refractivity (Wildman–Crippen MR) is 114 cm³/mol. The fourth-order valence-corrected chi connectivity index (χ4v) is 4.85. The van der Waals surface area contributed by atoms with Crippen molar-refractivity contribution in [3.05, 3.63) is 35.8 Å². The van der Waals surface area contributed by atoms with Crippen molar-refractivity contribution in [1.82, 2.24) is 19.9 Å². The second kappa shape index (κ2) is 8.68. The average Bonchev–Trinajstić information content (AvgIpc) is 2.84. The highest BCUT2D eigenvalue weighted by molar-refractivity contribution is 5.79. The third-order valence-corrected chi connectivity index (χ3v) is 6.53. The van der Waals surface area contributed by atoms with Crippen molar-refractivity contribution in [2.45, 2.75) is 45.1 Å². The minimum Gasteiger partial charge on any atom is -0.378 e. The molecule has 0 N–H and O–H groups in total. The van der Waals surface area contributed by atoms with Crippen LogP contribution in [0.3, 0.4) is 0 Å². The number of fused-ring (bicyclic) bond motifs is 1. The summed E-state index contributed by atoms with van der Waals surface area (Å²) in [5, 5.41) is 0. The van der Waals surface area contributed by atoms with E-state index in [9.17, 15) is 4.79 Å². The summed E-state index contributed by atoms with van der Waals surface area (Å²) in [5.74, 6) is 2.20.